The summed E-state index contributed by atoms with van der Waals surface area (Å²) in [5.41, 5.74) is 3.37. The highest BCUT2D eigenvalue weighted by Crippen LogP contribution is 2.35. The van der Waals surface area contributed by atoms with E-state index < -0.39 is 10.0 Å². The Morgan fingerprint density at radius 2 is 1.97 bits per heavy atom. The average Bonchev–Trinajstić information content (AvgIpc) is 3.12. The molecule has 7 nitrogen and oxygen atoms in total. The molecule has 158 valence electrons. The molecule has 0 N–H and O–H groups in total. The van der Waals surface area contributed by atoms with Gasteiger partial charge in [0.15, 0.2) is 5.78 Å². The second kappa shape index (κ2) is 7.06. The molecule has 3 aliphatic rings. The zero-order valence-corrected chi connectivity index (χ0v) is 17.8. The molecule has 2 bridgehead atoms. The van der Waals surface area contributed by atoms with Crippen LogP contribution in [0.1, 0.15) is 34.0 Å². The molecular formula is C22H25N3O4S. The van der Waals surface area contributed by atoms with Gasteiger partial charge in [0.25, 0.3) is 5.56 Å². The van der Waals surface area contributed by atoms with Gasteiger partial charge in [-0.15, -0.1) is 0 Å². The lowest BCUT2D eigenvalue weighted by molar-refractivity contribution is 0.0817. The summed E-state index contributed by atoms with van der Waals surface area (Å²) in [5.74, 6) is 0.719. The van der Waals surface area contributed by atoms with Gasteiger partial charge in [0.2, 0.25) is 10.0 Å². The molecule has 1 aromatic carbocycles. The van der Waals surface area contributed by atoms with E-state index in [4.69, 9.17) is 0 Å². The third-order valence-electron chi connectivity index (χ3n) is 6.58. The van der Waals surface area contributed by atoms with E-state index in [0.29, 0.717) is 36.7 Å². The van der Waals surface area contributed by atoms with Gasteiger partial charge in [-0.05, 0) is 48.6 Å². The molecule has 2 aromatic rings. The number of nitrogens with zero attached hydrogens (tertiary/aromatic N) is 3. The molecule has 0 spiro atoms. The summed E-state index contributed by atoms with van der Waals surface area (Å²) in [5, 5.41) is 0. The largest absolute Gasteiger partial charge is 0.312 e. The predicted octanol–water partition coefficient (Wildman–Crippen LogP) is 1.47. The Morgan fingerprint density at radius 1 is 1.13 bits per heavy atom. The monoisotopic (exact) mass is 427 g/mol. The molecule has 0 amide bonds. The fraction of sp³-hybridized carbons (Fsp3) is 0.455. The molecule has 0 aliphatic carbocycles. The van der Waals surface area contributed by atoms with E-state index in [2.05, 4.69) is 4.90 Å². The topological polar surface area (TPSA) is 79.7 Å². The van der Waals surface area contributed by atoms with E-state index in [9.17, 15) is 18.0 Å². The maximum Gasteiger partial charge on any atom is 0.250 e. The number of fused-ring (bicyclic) bond motifs is 5. The molecule has 3 aliphatic heterocycles. The van der Waals surface area contributed by atoms with Crippen molar-refractivity contribution in [3.8, 4) is 0 Å². The summed E-state index contributed by atoms with van der Waals surface area (Å²) in [7, 11) is -3.29. The van der Waals surface area contributed by atoms with Crippen LogP contribution in [0.2, 0.25) is 0 Å². The lowest BCUT2D eigenvalue weighted by Gasteiger charge is -2.42. The van der Waals surface area contributed by atoms with Crippen LogP contribution in [0.5, 0.6) is 0 Å². The smallest absolute Gasteiger partial charge is 0.250 e. The first kappa shape index (κ1) is 19.5. The third-order valence-corrected chi connectivity index (χ3v) is 7.76. The summed E-state index contributed by atoms with van der Waals surface area (Å²) in [6.45, 7) is 3.09. The highest BCUT2D eigenvalue weighted by molar-refractivity contribution is 7.92. The van der Waals surface area contributed by atoms with Crippen LogP contribution in [-0.2, 0) is 23.0 Å². The SMILES string of the molecule is CS(=O)(=O)N1CCc2cc(C(=O)CN3C[C@@H]4C[C@@H](C3)c3cccc(=O)n3C4)ccc21. The van der Waals surface area contributed by atoms with E-state index in [0.717, 1.165) is 37.3 Å². The molecule has 8 heteroatoms. The molecule has 0 unspecified atom stereocenters. The van der Waals surface area contributed by atoms with Crippen LogP contribution in [0.15, 0.2) is 41.2 Å². The number of Topliss-reactive ketones (excluding diaryl/α,β-unsaturated/α-hetero) is 1. The van der Waals surface area contributed by atoms with Crippen LogP contribution in [0.25, 0.3) is 0 Å². The average molecular weight is 428 g/mol. The lowest BCUT2D eigenvalue weighted by atomic mass is 9.83. The number of pyridine rings is 1. The van der Waals surface area contributed by atoms with E-state index in [1.54, 1.807) is 18.2 Å². The number of ketones is 1. The van der Waals surface area contributed by atoms with Gasteiger partial charge in [-0.25, -0.2) is 8.42 Å². The van der Waals surface area contributed by atoms with Crippen LogP contribution in [-0.4, -0.2) is 56.1 Å². The van der Waals surface area contributed by atoms with E-state index in [-0.39, 0.29) is 17.3 Å². The standard InChI is InChI=1S/C22H25N3O4S/c1-30(28,29)25-8-7-16-10-17(5-6-20(16)25)21(26)14-23-11-15-9-18(13-23)19-3-2-4-22(27)24(19)12-15/h2-6,10,15,18H,7-9,11-14H2,1H3/t15-,18-/m0/s1. The first-order valence-corrected chi connectivity index (χ1v) is 12.2. The molecule has 5 rings (SSSR count). The van der Waals surface area contributed by atoms with Crippen molar-refractivity contribution < 1.29 is 13.2 Å². The summed E-state index contributed by atoms with van der Waals surface area (Å²) in [4.78, 5) is 27.4. The maximum absolute atomic E-state index is 13.0. The van der Waals surface area contributed by atoms with Crippen molar-refractivity contribution >= 4 is 21.5 Å². The van der Waals surface area contributed by atoms with Crippen LogP contribution in [0.3, 0.4) is 0 Å². The molecule has 1 saturated heterocycles. The minimum atomic E-state index is -3.29. The van der Waals surface area contributed by atoms with Crippen LogP contribution in [0.4, 0.5) is 5.69 Å². The van der Waals surface area contributed by atoms with Crippen molar-refractivity contribution in [1.82, 2.24) is 9.47 Å². The molecule has 0 radical (unpaired) electrons. The van der Waals surface area contributed by atoms with Crippen LogP contribution < -0.4 is 9.86 Å². The number of carbonyl (C=O) groups excluding carboxylic acids is 1. The summed E-state index contributed by atoms with van der Waals surface area (Å²) >= 11 is 0. The normalized spacial score (nSPS) is 23.2. The predicted molar refractivity (Wildman–Crippen MR) is 115 cm³/mol. The fourth-order valence-electron chi connectivity index (χ4n) is 5.31. The Hall–Kier alpha value is -2.45. The van der Waals surface area contributed by atoms with Crippen molar-refractivity contribution in [1.29, 1.82) is 0 Å². The Balaban J connectivity index is 1.32. The zero-order valence-electron chi connectivity index (χ0n) is 17.0. The van der Waals surface area contributed by atoms with E-state index >= 15 is 0 Å². The Bertz CT molecular complexity index is 1190. The number of anilines is 1. The number of benzene rings is 1. The molecule has 30 heavy (non-hydrogen) atoms. The highest BCUT2D eigenvalue weighted by Gasteiger charge is 2.35. The van der Waals surface area contributed by atoms with E-state index in [1.807, 2.05) is 22.8 Å². The summed E-state index contributed by atoms with van der Waals surface area (Å²) in [6, 6.07) is 10.8. The molecule has 0 saturated carbocycles. The van der Waals surface area contributed by atoms with Crippen LogP contribution in [0, 0.1) is 5.92 Å². The second-order valence-electron chi connectivity index (χ2n) is 8.74. The number of sulfonamides is 1. The first-order chi connectivity index (χ1) is 14.3. The van der Waals surface area contributed by atoms with Crippen molar-refractivity contribution in [2.75, 3.05) is 36.7 Å². The van der Waals surface area contributed by atoms with Crippen LogP contribution >= 0.6 is 0 Å². The number of aromatic nitrogens is 1. The van der Waals surface area contributed by atoms with Crippen molar-refractivity contribution in [2.24, 2.45) is 5.92 Å². The Labute approximate surface area is 176 Å². The number of likely N-dealkylation sites (tertiary alicyclic amines) is 1. The van der Waals surface area contributed by atoms with Gasteiger partial charge in [-0.2, -0.15) is 0 Å². The molecule has 4 heterocycles. The molecular weight excluding hydrogens is 402 g/mol. The number of carbonyl (C=O) groups is 1. The van der Waals surface area contributed by atoms with Gasteiger partial charge in [-0.3, -0.25) is 18.8 Å². The van der Waals surface area contributed by atoms with Gasteiger partial charge in [0.05, 0.1) is 18.5 Å². The van der Waals surface area contributed by atoms with Gasteiger partial charge in [-0.1, -0.05) is 6.07 Å². The van der Waals surface area contributed by atoms with Crippen molar-refractivity contribution in [2.45, 2.75) is 25.3 Å². The Kier molecular flexibility index (Phi) is 4.59. The van der Waals surface area contributed by atoms with Crippen molar-refractivity contribution in [3.05, 3.63) is 63.6 Å². The zero-order chi connectivity index (χ0) is 21.0. The number of hydrogen-bond donors (Lipinski definition) is 0. The van der Waals surface area contributed by atoms with Gasteiger partial charge < -0.3 is 4.57 Å². The van der Waals surface area contributed by atoms with Gasteiger partial charge in [0.1, 0.15) is 0 Å². The summed E-state index contributed by atoms with van der Waals surface area (Å²) < 4.78 is 27.1. The van der Waals surface area contributed by atoms with Crippen molar-refractivity contribution in [3.63, 3.8) is 0 Å². The number of hydrogen-bond acceptors (Lipinski definition) is 5. The second-order valence-corrected chi connectivity index (χ2v) is 10.7. The number of rotatable bonds is 4. The Morgan fingerprint density at radius 3 is 2.77 bits per heavy atom. The molecule has 1 fully saturated rings. The third kappa shape index (κ3) is 3.37. The quantitative estimate of drug-likeness (QED) is 0.691. The number of piperidine rings is 1. The van der Waals surface area contributed by atoms with Gasteiger partial charge >= 0.3 is 0 Å². The summed E-state index contributed by atoms with van der Waals surface area (Å²) in [6.07, 6.45) is 2.90. The van der Waals surface area contributed by atoms with Gasteiger partial charge in [0, 0.05) is 49.4 Å². The lowest BCUT2D eigenvalue weighted by Crippen LogP contribution is -2.48. The molecule has 1 aromatic heterocycles. The minimum Gasteiger partial charge on any atom is -0.312 e. The fourth-order valence-corrected chi connectivity index (χ4v) is 6.27. The first-order valence-electron chi connectivity index (χ1n) is 10.4. The van der Waals surface area contributed by atoms with E-state index in [1.165, 1.54) is 10.6 Å². The minimum absolute atomic E-state index is 0.0565. The highest BCUT2D eigenvalue weighted by atomic mass is 32.2. The maximum atomic E-state index is 13.0. The molecule has 2 atom stereocenters.